The zero-order valence-corrected chi connectivity index (χ0v) is 14.0. The maximum atomic E-state index is 12.1. The van der Waals surface area contributed by atoms with E-state index < -0.39 is 0 Å². The van der Waals surface area contributed by atoms with Crippen LogP contribution in [0.3, 0.4) is 0 Å². The van der Waals surface area contributed by atoms with Gasteiger partial charge in [-0.1, -0.05) is 37.3 Å². The molecule has 6 heteroatoms. The maximum Gasteiger partial charge on any atom is 0.254 e. The standard InChI is InChI=1S/C19H19N5O/c1-2-17-22-12-15(13-23-17)19(25)21-11-9-18-20-10-8-16(24-18)14-6-4-3-5-7-14/h3-8,10,12-13H,2,9,11H2,1H3,(H,21,25). The normalized spacial score (nSPS) is 10.4. The first-order valence-corrected chi connectivity index (χ1v) is 8.22. The van der Waals surface area contributed by atoms with Gasteiger partial charge < -0.3 is 5.32 Å². The van der Waals surface area contributed by atoms with Gasteiger partial charge in [-0.25, -0.2) is 19.9 Å². The van der Waals surface area contributed by atoms with Gasteiger partial charge in [-0.2, -0.15) is 0 Å². The van der Waals surface area contributed by atoms with Crippen molar-refractivity contribution in [2.45, 2.75) is 19.8 Å². The third kappa shape index (κ3) is 4.44. The molecular weight excluding hydrogens is 314 g/mol. The van der Waals surface area contributed by atoms with E-state index in [2.05, 4.69) is 25.3 Å². The lowest BCUT2D eigenvalue weighted by molar-refractivity contribution is 0.0953. The van der Waals surface area contributed by atoms with Gasteiger partial charge in [0.1, 0.15) is 11.6 Å². The Labute approximate surface area is 146 Å². The van der Waals surface area contributed by atoms with E-state index in [1.54, 1.807) is 18.6 Å². The Balaban J connectivity index is 1.57. The summed E-state index contributed by atoms with van der Waals surface area (Å²) in [5, 5.41) is 2.85. The van der Waals surface area contributed by atoms with E-state index in [-0.39, 0.29) is 5.91 Å². The summed E-state index contributed by atoms with van der Waals surface area (Å²) in [6.45, 7) is 2.42. The molecule has 0 saturated heterocycles. The van der Waals surface area contributed by atoms with Gasteiger partial charge in [-0.15, -0.1) is 0 Å². The van der Waals surface area contributed by atoms with Crippen molar-refractivity contribution in [3.05, 3.63) is 72.2 Å². The monoisotopic (exact) mass is 333 g/mol. The van der Waals surface area contributed by atoms with Crippen LogP contribution in [0.25, 0.3) is 11.3 Å². The lowest BCUT2D eigenvalue weighted by atomic mass is 10.1. The predicted molar refractivity (Wildman–Crippen MR) is 94.9 cm³/mol. The molecule has 126 valence electrons. The molecule has 2 heterocycles. The number of hydrogen-bond donors (Lipinski definition) is 1. The first kappa shape index (κ1) is 16.7. The summed E-state index contributed by atoms with van der Waals surface area (Å²) >= 11 is 0. The van der Waals surface area contributed by atoms with Gasteiger partial charge in [-0.3, -0.25) is 4.79 Å². The summed E-state index contributed by atoms with van der Waals surface area (Å²) in [5.41, 5.74) is 2.37. The number of hydrogen-bond acceptors (Lipinski definition) is 5. The third-order valence-electron chi connectivity index (χ3n) is 3.69. The van der Waals surface area contributed by atoms with E-state index in [4.69, 9.17) is 0 Å². The molecule has 3 rings (SSSR count). The van der Waals surface area contributed by atoms with E-state index in [0.717, 1.165) is 23.5 Å². The quantitative estimate of drug-likeness (QED) is 0.749. The van der Waals surface area contributed by atoms with E-state index in [1.807, 2.05) is 43.3 Å². The zero-order valence-electron chi connectivity index (χ0n) is 14.0. The molecule has 3 aromatic rings. The molecule has 2 aromatic heterocycles. The van der Waals surface area contributed by atoms with Crippen molar-refractivity contribution in [1.82, 2.24) is 25.3 Å². The number of aryl methyl sites for hydroxylation is 1. The minimum absolute atomic E-state index is 0.193. The Kier molecular flexibility index (Phi) is 5.41. The first-order chi connectivity index (χ1) is 12.3. The van der Waals surface area contributed by atoms with Crippen molar-refractivity contribution in [3.8, 4) is 11.3 Å². The van der Waals surface area contributed by atoms with E-state index in [1.165, 1.54) is 0 Å². The molecule has 0 atom stereocenters. The van der Waals surface area contributed by atoms with Crippen LogP contribution < -0.4 is 5.32 Å². The SMILES string of the molecule is CCc1ncc(C(=O)NCCc2nccc(-c3ccccc3)n2)cn1. The molecule has 0 unspecified atom stereocenters. The molecule has 25 heavy (non-hydrogen) atoms. The Bertz CT molecular complexity index is 834. The van der Waals surface area contributed by atoms with Gasteiger partial charge in [-0.05, 0) is 6.07 Å². The Hall–Kier alpha value is -3.15. The number of amides is 1. The van der Waals surface area contributed by atoms with Gasteiger partial charge >= 0.3 is 0 Å². The highest BCUT2D eigenvalue weighted by Crippen LogP contribution is 2.15. The van der Waals surface area contributed by atoms with Crippen LogP contribution in [-0.2, 0) is 12.8 Å². The number of carbonyl (C=O) groups is 1. The molecule has 0 bridgehead atoms. The second-order valence-electron chi connectivity index (χ2n) is 5.47. The highest BCUT2D eigenvalue weighted by atomic mass is 16.1. The lowest BCUT2D eigenvalue weighted by Gasteiger charge is -2.06. The second kappa shape index (κ2) is 8.10. The van der Waals surface area contributed by atoms with Crippen LogP contribution in [-0.4, -0.2) is 32.4 Å². The average Bonchev–Trinajstić information content (AvgIpc) is 2.69. The fraction of sp³-hybridized carbons (Fsp3) is 0.211. The topological polar surface area (TPSA) is 80.7 Å². The van der Waals surface area contributed by atoms with Crippen molar-refractivity contribution >= 4 is 5.91 Å². The van der Waals surface area contributed by atoms with Crippen LogP contribution in [0.4, 0.5) is 0 Å². The number of aromatic nitrogens is 4. The van der Waals surface area contributed by atoms with Gasteiger partial charge in [0.15, 0.2) is 0 Å². The van der Waals surface area contributed by atoms with E-state index in [9.17, 15) is 4.79 Å². The summed E-state index contributed by atoms with van der Waals surface area (Å²) in [5.74, 6) is 1.23. The van der Waals surface area contributed by atoms with Crippen LogP contribution in [0.15, 0.2) is 55.0 Å². The van der Waals surface area contributed by atoms with Crippen LogP contribution in [0, 0.1) is 0 Å². The van der Waals surface area contributed by atoms with Crippen molar-refractivity contribution in [2.24, 2.45) is 0 Å². The molecular formula is C19H19N5O. The first-order valence-electron chi connectivity index (χ1n) is 8.22. The molecule has 0 spiro atoms. The minimum atomic E-state index is -0.193. The Morgan fingerprint density at radius 1 is 1.00 bits per heavy atom. The predicted octanol–water partition coefficient (Wildman–Crippen LogP) is 2.47. The van der Waals surface area contributed by atoms with Crippen molar-refractivity contribution in [3.63, 3.8) is 0 Å². The maximum absolute atomic E-state index is 12.1. The summed E-state index contributed by atoms with van der Waals surface area (Å²) < 4.78 is 0. The van der Waals surface area contributed by atoms with E-state index >= 15 is 0 Å². The fourth-order valence-corrected chi connectivity index (χ4v) is 2.33. The molecule has 1 amide bonds. The number of benzene rings is 1. The fourth-order valence-electron chi connectivity index (χ4n) is 2.33. The van der Waals surface area contributed by atoms with Gasteiger partial charge in [0.25, 0.3) is 5.91 Å². The van der Waals surface area contributed by atoms with Gasteiger partial charge in [0.2, 0.25) is 0 Å². The summed E-state index contributed by atoms with van der Waals surface area (Å²) in [6.07, 6.45) is 6.14. The van der Waals surface area contributed by atoms with E-state index in [0.29, 0.717) is 24.4 Å². The second-order valence-corrected chi connectivity index (χ2v) is 5.47. The highest BCUT2D eigenvalue weighted by molar-refractivity contribution is 5.93. The largest absolute Gasteiger partial charge is 0.351 e. The number of nitrogens with one attached hydrogen (secondary N) is 1. The van der Waals surface area contributed by atoms with Crippen LogP contribution in [0.5, 0.6) is 0 Å². The van der Waals surface area contributed by atoms with Gasteiger partial charge in [0, 0.05) is 43.5 Å². The van der Waals surface area contributed by atoms with Gasteiger partial charge in [0.05, 0.1) is 11.3 Å². The molecule has 0 radical (unpaired) electrons. The lowest BCUT2D eigenvalue weighted by Crippen LogP contribution is -2.26. The van der Waals surface area contributed by atoms with Crippen molar-refractivity contribution in [2.75, 3.05) is 6.54 Å². The van der Waals surface area contributed by atoms with Crippen molar-refractivity contribution < 1.29 is 4.79 Å². The van der Waals surface area contributed by atoms with Crippen LogP contribution in [0.2, 0.25) is 0 Å². The molecule has 0 aliphatic carbocycles. The molecule has 1 N–H and O–H groups in total. The zero-order chi connectivity index (χ0) is 17.5. The molecule has 0 aliphatic heterocycles. The number of rotatable bonds is 6. The average molecular weight is 333 g/mol. The number of nitrogens with zero attached hydrogens (tertiary/aromatic N) is 4. The molecule has 0 fully saturated rings. The van der Waals surface area contributed by atoms with Crippen molar-refractivity contribution in [1.29, 1.82) is 0 Å². The highest BCUT2D eigenvalue weighted by Gasteiger charge is 2.07. The van der Waals surface area contributed by atoms with Crippen LogP contribution in [0.1, 0.15) is 28.9 Å². The number of carbonyl (C=O) groups excluding carboxylic acids is 1. The smallest absolute Gasteiger partial charge is 0.254 e. The Morgan fingerprint density at radius 2 is 1.76 bits per heavy atom. The Morgan fingerprint density at radius 3 is 2.48 bits per heavy atom. The molecule has 0 saturated carbocycles. The van der Waals surface area contributed by atoms with Crippen LogP contribution >= 0.6 is 0 Å². The minimum Gasteiger partial charge on any atom is -0.351 e. The summed E-state index contributed by atoms with van der Waals surface area (Å²) in [4.78, 5) is 29.2. The molecule has 6 nitrogen and oxygen atoms in total. The third-order valence-corrected chi connectivity index (χ3v) is 3.69. The molecule has 1 aromatic carbocycles. The molecule has 0 aliphatic rings. The summed E-state index contributed by atoms with van der Waals surface area (Å²) in [7, 11) is 0. The summed E-state index contributed by atoms with van der Waals surface area (Å²) in [6, 6.07) is 11.8.